The molecule has 0 amide bonds. The maximum Gasteiger partial charge on any atom is 0.119 e. The summed E-state index contributed by atoms with van der Waals surface area (Å²) in [4.78, 5) is 8.05. The summed E-state index contributed by atoms with van der Waals surface area (Å²) >= 11 is 0. The van der Waals surface area contributed by atoms with Crippen molar-refractivity contribution < 1.29 is 4.74 Å². The molecule has 0 bridgehead atoms. The number of likely N-dealkylation sites (N-methyl/N-ethyl adjacent to an activating group) is 1. The maximum atomic E-state index is 5.84. The van der Waals surface area contributed by atoms with Gasteiger partial charge < -0.3 is 14.6 Å². The van der Waals surface area contributed by atoms with E-state index in [1.807, 2.05) is 24.4 Å². The molecule has 21 heavy (non-hydrogen) atoms. The highest BCUT2D eigenvalue weighted by Crippen LogP contribution is 2.20. The Morgan fingerprint density at radius 3 is 2.48 bits per heavy atom. The molecule has 0 aliphatic carbocycles. The van der Waals surface area contributed by atoms with E-state index in [4.69, 9.17) is 4.74 Å². The molecule has 1 aliphatic rings. The monoisotopic (exact) mass is 285 g/mol. The van der Waals surface area contributed by atoms with Crippen LogP contribution in [0, 0.1) is 0 Å². The van der Waals surface area contributed by atoms with E-state index in [-0.39, 0.29) is 0 Å². The van der Waals surface area contributed by atoms with Crippen LogP contribution in [0.15, 0.2) is 42.6 Å². The van der Waals surface area contributed by atoms with Gasteiger partial charge in [-0.25, -0.2) is 0 Å². The molecule has 2 aromatic rings. The van der Waals surface area contributed by atoms with Crippen molar-refractivity contribution in [3.05, 3.63) is 42.6 Å². The number of hydrogen-bond acceptors (Lipinski definition) is 3. The highest BCUT2D eigenvalue weighted by atomic mass is 16.5. The fourth-order valence-corrected chi connectivity index (χ4v) is 2.60. The molecule has 0 atom stereocenters. The van der Waals surface area contributed by atoms with Crippen LogP contribution in [-0.2, 0) is 0 Å². The molecular formula is C17H23N3O. The first-order chi connectivity index (χ1) is 10.3. The van der Waals surface area contributed by atoms with E-state index < -0.39 is 0 Å². The molecule has 4 heteroatoms. The second-order valence-corrected chi connectivity index (χ2v) is 5.60. The smallest absolute Gasteiger partial charge is 0.119 e. The largest absolute Gasteiger partial charge is 0.492 e. The molecule has 0 saturated carbocycles. The van der Waals surface area contributed by atoms with E-state index in [1.165, 1.54) is 5.56 Å². The zero-order valence-electron chi connectivity index (χ0n) is 12.6. The summed E-state index contributed by atoms with van der Waals surface area (Å²) < 4.78 is 5.84. The number of rotatable bonds is 5. The van der Waals surface area contributed by atoms with Crippen LogP contribution in [0.25, 0.3) is 11.3 Å². The van der Waals surface area contributed by atoms with Crippen molar-refractivity contribution >= 4 is 0 Å². The van der Waals surface area contributed by atoms with Crippen LogP contribution in [0.2, 0.25) is 0 Å². The standard InChI is InChI=1S/C17H23N3O/c1-19-9-11-20(12-10-19)13-14-21-16-6-4-15(5-7-16)17-3-2-8-18-17/h2-8,18H,9-14H2,1H3. The van der Waals surface area contributed by atoms with Gasteiger partial charge in [0.25, 0.3) is 0 Å². The minimum Gasteiger partial charge on any atom is -0.492 e. The number of benzene rings is 1. The van der Waals surface area contributed by atoms with E-state index in [2.05, 4.69) is 40.0 Å². The summed E-state index contributed by atoms with van der Waals surface area (Å²) in [6.07, 6.45) is 1.94. The highest BCUT2D eigenvalue weighted by Gasteiger charge is 2.13. The normalized spacial score (nSPS) is 17.0. The Bertz CT molecular complexity index is 528. The lowest BCUT2D eigenvalue weighted by molar-refractivity contribution is 0.134. The summed E-state index contributed by atoms with van der Waals surface area (Å²) in [5, 5.41) is 0. The van der Waals surface area contributed by atoms with Gasteiger partial charge in [-0.3, -0.25) is 4.90 Å². The first-order valence-electron chi connectivity index (χ1n) is 7.59. The molecule has 3 rings (SSSR count). The van der Waals surface area contributed by atoms with E-state index in [1.54, 1.807) is 0 Å². The van der Waals surface area contributed by atoms with Gasteiger partial charge in [-0.15, -0.1) is 0 Å². The van der Waals surface area contributed by atoms with Crippen LogP contribution in [0.5, 0.6) is 5.75 Å². The summed E-state index contributed by atoms with van der Waals surface area (Å²) in [5.41, 5.74) is 2.32. The average molecular weight is 285 g/mol. The van der Waals surface area contributed by atoms with Crippen LogP contribution < -0.4 is 4.74 Å². The summed E-state index contributed by atoms with van der Waals surface area (Å²) in [5.74, 6) is 0.944. The lowest BCUT2D eigenvalue weighted by Crippen LogP contribution is -2.45. The van der Waals surface area contributed by atoms with Crippen LogP contribution in [0.1, 0.15) is 0 Å². The number of aromatic nitrogens is 1. The second kappa shape index (κ2) is 6.78. The minimum atomic E-state index is 0.756. The average Bonchev–Trinajstić information content (AvgIpc) is 3.04. The summed E-state index contributed by atoms with van der Waals surface area (Å²) in [6, 6.07) is 12.4. The number of piperazine rings is 1. The molecule has 1 aliphatic heterocycles. The first-order valence-corrected chi connectivity index (χ1v) is 7.59. The molecular weight excluding hydrogens is 262 g/mol. The van der Waals surface area contributed by atoms with Gasteiger partial charge in [0.1, 0.15) is 12.4 Å². The molecule has 4 nitrogen and oxygen atoms in total. The van der Waals surface area contributed by atoms with Crippen LogP contribution in [0.4, 0.5) is 0 Å². The number of nitrogens with zero attached hydrogens (tertiary/aromatic N) is 2. The number of nitrogens with one attached hydrogen (secondary N) is 1. The number of H-pyrrole nitrogens is 1. The molecule has 0 unspecified atom stereocenters. The van der Waals surface area contributed by atoms with E-state index >= 15 is 0 Å². The zero-order chi connectivity index (χ0) is 14.5. The Morgan fingerprint density at radius 1 is 1.05 bits per heavy atom. The van der Waals surface area contributed by atoms with Crippen LogP contribution >= 0.6 is 0 Å². The van der Waals surface area contributed by atoms with Crippen LogP contribution in [0.3, 0.4) is 0 Å². The third-order valence-corrected chi connectivity index (χ3v) is 4.04. The van der Waals surface area contributed by atoms with Crippen molar-refractivity contribution in [2.75, 3.05) is 46.4 Å². The van der Waals surface area contributed by atoms with Crippen molar-refractivity contribution in [3.63, 3.8) is 0 Å². The predicted octanol–water partition coefficient (Wildman–Crippen LogP) is 2.31. The minimum absolute atomic E-state index is 0.756. The lowest BCUT2D eigenvalue weighted by atomic mass is 10.1. The third-order valence-electron chi connectivity index (χ3n) is 4.04. The highest BCUT2D eigenvalue weighted by molar-refractivity contribution is 5.60. The Morgan fingerprint density at radius 2 is 1.81 bits per heavy atom. The quantitative estimate of drug-likeness (QED) is 0.915. The Labute approximate surface area is 126 Å². The van der Waals surface area contributed by atoms with Crippen molar-refractivity contribution in [2.45, 2.75) is 0 Å². The molecule has 2 heterocycles. The predicted molar refractivity (Wildman–Crippen MR) is 85.7 cm³/mol. The Hall–Kier alpha value is -1.78. The molecule has 112 valence electrons. The third kappa shape index (κ3) is 3.86. The van der Waals surface area contributed by atoms with Gasteiger partial charge in [-0.1, -0.05) is 0 Å². The summed E-state index contributed by atoms with van der Waals surface area (Å²) in [6.45, 7) is 6.37. The van der Waals surface area contributed by atoms with Gasteiger partial charge in [-0.2, -0.15) is 0 Å². The molecule has 1 aromatic carbocycles. The fourth-order valence-electron chi connectivity index (χ4n) is 2.60. The van der Waals surface area contributed by atoms with Gasteiger partial charge in [0.2, 0.25) is 0 Å². The van der Waals surface area contributed by atoms with Crippen molar-refractivity contribution in [3.8, 4) is 17.0 Å². The SMILES string of the molecule is CN1CCN(CCOc2ccc(-c3ccc[nH]3)cc2)CC1. The van der Waals surface area contributed by atoms with Gasteiger partial charge in [0, 0.05) is 44.6 Å². The van der Waals surface area contributed by atoms with Crippen molar-refractivity contribution in [2.24, 2.45) is 0 Å². The van der Waals surface area contributed by atoms with Gasteiger partial charge in [0.15, 0.2) is 0 Å². The Kier molecular flexibility index (Phi) is 4.58. The molecule has 0 radical (unpaired) electrons. The molecule has 1 fully saturated rings. The van der Waals surface area contributed by atoms with E-state index in [0.717, 1.165) is 50.8 Å². The van der Waals surface area contributed by atoms with Crippen molar-refractivity contribution in [1.29, 1.82) is 0 Å². The van der Waals surface area contributed by atoms with Crippen molar-refractivity contribution in [1.82, 2.24) is 14.8 Å². The summed E-state index contributed by atoms with van der Waals surface area (Å²) in [7, 11) is 2.18. The molecule has 1 N–H and O–H groups in total. The van der Waals surface area contributed by atoms with E-state index in [9.17, 15) is 0 Å². The first kappa shape index (κ1) is 14.2. The number of ether oxygens (including phenoxy) is 1. The Balaban J connectivity index is 1.45. The van der Waals surface area contributed by atoms with Crippen LogP contribution in [-0.4, -0.2) is 61.2 Å². The van der Waals surface area contributed by atoms with Gasteiger partial charge in [-0.05, 0) is 49.0 Å². The maximum absolute atomic E-state index is 5.84. The molecule has 1 saturated heterocycles. The molecule has 1 aromatic heterocycles. The van der Waals surface area contributed by atoms with Gasteiger partial charge in [0.05, 0.1) is 0 Å². The van der Waals surface area contributed by atoms with E-state index in [0.29, 0.717) is 0 Å². The fraction of sp³-hybridized carbons (Fsp3) is 0.412. The molecule has 0 spiro atoms. The topological polar surface area (TPSA) is 31.5 Å². The second-order valence-electron chi connectivity index (χ2n) is 5.60. The number of hydrogen-bond donors (Lipinski definition) is 1. The zero-order valence-corrected chi connectivity index (χ0v) is 12.6. The van der Waals surface area contributed by atoms with Gasteiger partial charge >= 0.3 is 0 Å². The lowest BCUT2D eigenvalue weighted by Gasteiger charge is -2.32. The number of aromatic amines is 1.